The fourth-order valence-electron chi connectivity index (χ4n) is 2.21. The van der Waals surface area contributed by atoms with Crippen molar-refractivity contribution in [3.8, 4) is 0 Å². The van der Waals surface area contributed by atoms with Crippen molar-refractivity contribution in [3.05, 3.63) is 0 Å². The fourth-order valence-corrected chi connectivity index (χ4v) is 2.21. The molecule has 112 valence electrons. The number of carbonyl (C=O) groups excluding carboxylic acids is 2. The Kier molecular flexibility index (Phi) is 9.55. The van der Waals surface area contributed by atoms with Gasteiger partial charge in [0.1, 0.15) is 0 Å². The van der Waals surface area contributed by atoms with Crippen LogP contribution in [0.25, 0.3) is 0 Å². The summed E-state index contributed by atoms with van der Waals surface area (Å²) in [6.07, 6.45) is 3.47. The van der Waals surface area contributed by atoms with Crippen molar-refractivity contribution in [2.75, 3.05) is 40.3 Å². The van der Waals surface area contributed by atoms with Crippen molar-refractivity contribution in [1.82, 2.24) is 20.9 Å². The van der Waals surface area contributed by atoms with Gasteiger partial charge in [-0.25, -0.2) is 4.79 Å². The number of nitrogens with zero attached hydrogens (tertiary/aromatic N) is 1. The number of piperidine rings is 1. The van der Waals surface area contributed by atoms with Crippen LogP contribution in [0, 0.1) is 5.92 Å². The molecule has 3 amide bonds. The third kappa shape index (κ3) is 7.34. The zero-order chi connectivity index (χ0) is 13.4. The summed E-state index contributed by atoms with van der Waals surface area (Å²) < 4.78 is 0. The Hall–Kier alpha value is -0.850. The molecule has 1 aliphatic rings. The monoisotopic (exact) mass is 292 g/mol. The number of hydrogen-bond acceptors (Lipinski definition) is 4. The number of halogens is 1. The van der Waals surface area contributed by atoms with E-state index in [0.717, 1.165) is 38.4 Å². The maximum absolute atomic E-state index is 11.5. The second kappa shape index (κ2) is 10.00. The maximum Gasteiger partial charge on any atom is 0.321 e. The van der Waals surface area contributed by atoms with Gasteiger partial charge in [0, 0.05) is 7.05 Å². The smallest absolute Gasteiger partial charge is 0.321 e. The van der Waals surface area contributed by atoms with Crippen molar-refractivity contribution in [2.24, 2.45) is 5.92 Å². The molecule has 0 aromatic rings. The molecule has 19 heavy (non-hydrogen) atoms. The number of amides is 3. The molecule has 0 unspecified atom stereocenters. The third-order valence-electron chi connectivity index (χ3n) is 3.36. The van der Waals surface area contributed by atoms with Gasteiger partial charge in [0.2, 0.25) is 5.91 Å². The van der Waals surface area contributed by atoms with Crippen LogP contribution in [0.1, 0.15) is 19.3 Å². The van der Waals surface area contributed by atoms with Crippen LogP contribution in [0.4, 0.5) is 4.79 Å². The number of urea groups is 1. The highest BCUT2D eigenvalue weighted by molar-refractivity contribution is 5.95. The Morgan fingerprint density at radius 2 is 1.84 bits per heavy atom. The molecule has 1 heterocycles. The van der Waals surface area contributed by atoms with Crippen LogP contribution >= 0.6 is 12.4 Å². The number of imide groups is 1. The van der Waals surface area contributed by atoms with E-state index in [2.05, 4.69) is 20.9 Å². The second-order valence-corrected chi connectivity index (χ2v) is 4.74. The zero-order valence-electron chi connectivity index (χ0n) is 11.7. The molecule has 0 radical (unpaired) electrons. The normalized spacial score (nSPS) is 16.5. The van der Waals surface area contributed by atoms with E-state index in [-0.39, 0.29) is 18.3 Å². The molecule has 0 aliphatic carbocycles. The first-order chi connectivity index (χ1) is 8.65. The van der Waals surface area contributed by atoms with E-state index in [1.54, 1.807) is 0 Å². The molecule has 0 spiro atoms. The lowest BCUT2D eigenvalue weighted by Gasteiger charge is -2.31. The van der Waals surface area contributed by atoms with Crippen LogP contribution in [0.3, 0.4) is 0 Å². The molecule has 0 aromatic carbocycles. The summed E-state index contributed by atoms with van der Waals surface area (Å²) in [5, 5.41) is 7.81. The van der Waals surface area contributed by atoms with Gasteiger partial charge in [-0.1, -0.05) is 0 Å². The van der Waals surface area contributed by atoms with E-state index < -0.39 is 6.03 Å². The fraction of sp³-hybridized carbons (Fsp3) is 0.833. The van der Waals surface area contributed by atoms with Crippen LogP contribution in [-0.4, -0.2) is 57.1 Å². The number of carbonyl (C=O) groups is 2. The molecule has 1 saturated heterocycles. The summed E-state index contributed by atoms with van der Waals surface area (Å²) in [5.41, 5.74) is 0. The molecule has 1 aliphatic heterocycles. The van der Waals surface area contributed by atoms with Gasteiger partial charge in [-0.3, -0.25) is 15.0 Å². The zero-order valence-corrected chi connectivity index (χ0v) is 12.5. The Bertz CT molecular complexity index is 281. The lowest BCUT2D eigenvalue weighted by Crippen LogP contribution is -2.45. The Morgan fingerprint density at radius 1 is 1.21 bits per heavy atom. The van der Waals surface area contributed by atoms with Crippen LogP contribution in [-0.2, 0) is 4.79 Å². The molecule has 7 heteroatoms. The summed E-state index contributed by atoms with van der Waals surface area (Å²) in [4.78, 5) is 24.6. The van der Waals surface area contributed by atoms with Crippen LogP contribution in [0.15, 0.2) is 0 Å². The van der Waals surface area contributed by atoms with Gasteiger partial charge in [-0.15, -0.1) is 12.4 Å². The summed E-state index contributed by atoms with van der Waals surface area (Å²) >= 11 is 0. The highest BCUT2D eigenvalue weighted by Gasteiger charge is 2.20. The van der Waals surface area contributed by atoms with Crippen LogP contribution in [0.5, 0.6) is 0 Å². The minimum absolute atomic E-state index is 0. The van der Waals surface area contributed by atoms with Crippen LogP contribution in [0.2, 0.25) is 0 Å². The number of hydrogen-bond donors (Lipinski definition) is 3. The minimum atomic E-state index is -0.441. The van der Waals surface area contributed by atoms with Gasteiger partial charge in [-0.2, -0.15) is 0 Å². The standard InChI is InChI=1S/C12H24N4O2.ClH/c1-13-6-3-10-4-7-16(8-5-10)9-11(17)15-12(18)14-2;/h10,13H,3-9H2,1-2H3,(H2,14,15,17,18);1H. The van der Waals surface area contributed by atoms with Gasteiger partial charge >= 0.3 is 6.03 Å². The van der Waals surface area contributed by atoms with Gasteiger partial charge in [0.25, 0.3) is 0 Å². The predicted molar refractivity (Wildman–Crippen MR) is 77.6 cm³/mol. The molecule has 1 rings (SSSR count). The summed E-state index contributed by atoms with van der Waals surface area (Å²) in [7, 11) is 3.47. The van der Waals surface area contributed by atoms with E-state index in [9.17, 15) is 9.59 Å². The van der Waals surface area contributed by atoms with Gasteiger partial charge in [0.15, 0.2) is 0 Å². The first-order valence-corrected chi connectivity index (χ1v) is 6.54. The van der Waals surface area contributed by atoms with Crippen molar-refractivity contribution < 1.29 is 9.59 Å². The largest absolute Gasteiger partial charge is 0.341 e. The molecule has 0 atom stereocenters. The predicted octanol–water partition coefficient (Wildman–Crippen LogP) is 0.185. The lowest BCUT2D eigenvalue weighted by atomic mass is 9.93. The minimum Gasteiger partial charge on any atom is -0.341 e. The average Bonchev–Trinajstić information content (AvgIpc) is 2.37. The van der Waals surface area contributed by atoms with Crippen molar-refractivity contribution >= 4 is 24.3 Å². The quantitative estimate of drug-likeness (QED) is 0.676. The number of nitrogens with one attached hydrogen (secondary N) is 3. The van der Waals surface area contributed by atoms with Crippen molar-refractivity contribution in [2.45, 2.75) is 19.3 Å². The highest BCUT2D eigenvalue weighted by Crippen LogP contribution is 2.19. The number of rotatable bonds is 5. The van der Waals surface area contributed by atoms with Crippen LogP contribution < -0.4 is 16.0 Å². The Morgan fingerprint density at radius 3 is 2.37 bits per heavy atom. The van der Waals surface area contributed by atoms with Gasteiger partial charge in [0.05, 0.1) is 6.54 Å². The Balaban J connectivity index is 0.00000324. The number of likely N-dealkylation sites (tertiary alicyclic amines) is 1. The highest BCUT2D eigenvalue weighted by atomic mass is 35.5. The average molecular weight is 293 g/mol. The maximum atomic E-state index is 11.5. The van der Waals surface area contributed by atoms with Gasteiger partial charge in [-0.05, 0) is 51.9 Å². The SMILES string of the molecule is CNCCC1CCN(CC(=O)NC(=O)NC)CC1.Cl. The first-order valence-electron chi connectivity index (χ1n) is 6.54. The van der Waals surface area contributed by atoms with E-state index in [1.807, 2.05) is 7.05 Å². The molecule has 3 N–H and O–H groups in total. The van der Waals surface area contributed by atoms with E-state index in [0.29, 0.717) is 6.54 Å². The Labute approximate surface area is 121 Å². The second-order valence-electron chi connectivity index (χ2n) is 4.74. The van der Waals surface area contributed by atoms with Crippen molar-refractivity contribution in [1.29, 1.82) is 0 Å². The molecular weight excluding hydrogens is 268 g/mol. The molecule has 0 aromatic heterocycles. The summed E-state index contributed by atoms with van der Waals surface area (Å²) in [6.45, 7) is 3.25. The van der Waals surface area contributed by atoms with Gasteiger partial charge < -0.3 is 10.6 Å². The lowest BCUT2D eigenvalue weighted by molar-refractivity contribution is -0.121. The van der Waals surface area contributed by atoms with E-state index in [1.165, 1.54) is 13.5 Å². The third-order valence-corrected chi connectivity index (χ3v) is 3.36. The molecular formula is C12H25ClN4O2. The van der Waals surface area contributed by atoms with E-state index in [4.69, 9.17) is 0 Å². The van der Waals surface area contributed by atoms with Crippen molar-refractivity contribution in [3.63, 3.8) is 0 Å². The topological polar surface area (TPSA) is 73.5 Å². The first kappa shape index (κ1) is 18.1. The molecule has 6 nitrogen and oxygen atoms in total. The summed E-state index contributed by atoms with van der Waals surface area (Å²) in [6, 6.07) is -0.441. The molecule has 0 bridgehead atoms. The molecule has 1 fully saturated rings. The van der Waals surface area contributed by atoms with E-state index >= 15 is 0 Å². The summed E-state index contributed by atoms with van der Waals surface area (Å²) in [5.74, 6) is 0.527. The molecule has 0 saturated carbocycles.